The Balaban J connectivity index is 1.54. The smallest absolute Gasteiger partial charge is 0.390 e. The first-order chi connectivity index (χ1) is 22.0. The van der Waals surface area contributed by atoms with Crippen LogP contribution in [0, 0.1) is 53.3 Å². The van der Waals surface area contributed by atoms with E-state index in [0.29, 0.717) is 6.42 Å². The molecule has 0 spiro atoms. The van der Waals surface area contributed by atoms with Crippen LogP contribution in [-0.4, -0.2) is 36.3 Å². The first-order valence-corrected chi connectivity index (χ1v) is 22.9. The lowest BCUT2D eigenvalue weighted by Crippen LogP contribution is -2.41. The second kappa shape index (κ2) is 24.2. The molecular weight excluding hydrogens is 583 g/mol. The first-order valence-electron chi connectivity index (χ1n) is 20.9. The molecule has 0 aliphatic heterocycles. The molecule has 0 aromatic rings. The molecule has 6 unspecified atom stereocenters. The molecule has 2 aliphatic carbocycles. The Morgan fingerprint density at radius 2 is 0.870 bits per heavy atom. The van der Waals surface area contributed by atoms with E-state index in [1.165, 1.54) is 141 Å². The van der Waals surface area contributed by atoms with Crippen molar-refractivity contribution in [2.75, 3.05) is 13.1 Å². The van der Waals surface area contributed by atoms with Gasteiger partial charge in [-0.25, -0.2) is 0 Å². The molecule has 2 rings (SSSR count). The number of unbranched alkanes of at least 4 members (excludes halogenated alkanes) is 14. The van der Waals surface area contributed by atoms with Gasteiger partial charge in [0.25, 0.3) is 0 Å². The van der Waals surface area contributed by atoms with Gasteiger partial charge in [0.05, 0.1) is 0 Å². The topological polar surface area (TPSA) is 72.7 Å². The van der Waals surface area contributed by atoms with Crippen molar-refractivity contribution in [3.8, 4) is 0 Å². The largest absolute Gasteiger partial charge is 0.492 e. The number of hydrogen-bond acceptors (Lipinski definition) is 4. The third-order valence-corrected chi connectivity index (χ3v) is 13.5. The lowest BCUT2D eigenvalue weighted by atomic mass is 9.56. The van der Waals surface area contributed by atoms with E-state index in [4.69, 9.17) is 14.4 Å². The van der Waals surface area contributed by atoms with Crippen LogP contribution in [0.3, 0.4) is 0 Å². The molecule has 274 valence electrons. The summed E-state index contributed by atoms with van der Waals surface area (Å²) in [5, 5.41) is 3.34. The lowest BCUT2D eigenvalue weighted by Gasteiger charge is -2.49. The second-order valence-corrected chi connectivity index (χ2v) is 19.4. The van der Waals surface area contributed by atoms with Gasteiger partial charge in [-0.05, 0) is 111 Å². The summed E-state index contributed by atoms with van der Waals surface area (Å²) in [4.78, 5) is 27.0. The van der Waals surface area contributed by atoms with Crippen LogP contribution < -0.4 is 5.32 Å². The molecule has 0 bridgehead atoms. The predicted octanol–water partition coefficient (Wildman–Crippen LogP) is 11.2. The van der Waals surface area contributed by atoms with Crippen molar-refractivity contribution >= 4 is 8.80 Å². The first kappa shape index (κ1) is 42.2. The van der Waals surface area contributed by atoms with Crippen molar-refractivity contribution < 1.29 is 14.4 Å². The van der Waals surface area contributed by atoms with E-state index in [2.05, 4.69) is 46.9 Å². The van der Waals surface area contributed by atoms with E-state index in [1.807, 2.05) is 0 Å². The van der Waals surface area contributed by atoms with Crippen molar-refractivity contribution in [3.05, 3.63) is 0 Å². The van der Waals surface area contributed by atoms with E-state index in [0.717, 1.165) is 66.4 Å². The molecule has 0 heterocycles. The van der Waals surface area contributed by atoms with Crippen LogP contribution in [0.5, 0.6) is 0 Å². The lowest BCUT2D eigenvalue weighted by molar-refractivity contribution is 0.000914. The fraction of sp³-hybridized carbons (Fsp3) is 1.00. The minimum absolute atomic E-state index is 0.137. The molecule has 0 aromatic heterocycles. The fourth-order valence-electron chi connectivity index (χ4n) is 9.79. The van der Waals surface area contributed by atoms with E-state index in [9.17, 15) is 0 Å². The molecule has 2 saturated carbocycles. The Labute approximate surface area is 289 Å². The molecule has 46 heavy (non-hydrogen) atoms. The molecule has 0 saturated heterocycles. The van der Waals surface area contributed by atoms with E-state index >= 15 is 0 Å². The quantitative estimate of drug-likeness (QED) is 0.0548. The van der Waals surface area contributed by atoms with Gasteiger partial charge in [-0.15, -0.1) is 0 Å². The number of rotatable bonds is 26. The highest BCUT2D eigenvalue weighted by atomic mass is 28.4. The zero-order valence-electron chi connectivity index (χ0n) is 31.9. The standard InChI is InChI=1S/C41H83NO3Si/c1-33(2)37-26-24-35(5)31-40(37)39(41-32-36(6)25-27-38(41)34(3)4)23-20-18-16-14-12-10-8-7-9-11-13-15-17-19-21-28-42-29-22-30-46(43,44)45/h33-45H,7-32H2,1-6H3. The third-order valence-electron chi connectivity index (χ3n) is 12.5. The van der Waals surface area contributed by atoms with Gasteiger partial charge >= 0.3 is 8.80 Å². The third kappa shape index (κ3) is 18.2. The molecule has 4 nitrogen and oxygen atoms in total. The highest BCUT2D eigenvalue weighted by Crippen LogP contribution is 2.51. The molecule has 0 radical (unpaired) electrons. The number of hydrogen-bond donors (Lipinski definition) is 4. The minimum Gasteiger partial charge on any atom is -0.390 e. The molecule has 0 aromatic carbocycles. The van der Waals surface area contributed by atoms with Crippen LogP contribution in [0.1, 0.15) is 189 Å². The predicted molar refractivity (Wildman–Crippen MR) is 202 cm³/mol. The summed E-state index contributed by atoms with van der Waals surface area (Å²) in [5.74, 6) is 8.43. The highest BCUT2D eigenvalue weighted by Gasteiger charge is 2.43. The minimum atomic E-state index is -3.84. The van der Waals surface area contributed by atoms with Crippen molar-refractivity contribution in [1.29, 1.82) is 0 Å². The average molecular weight is 666 g/mol. The van der Waals surface area contributed by atoms with Gasteiger partial charge in [-0.2, -0.15) is 0 Å². The van der Waals surface area contributed by atoms with Crippen molar-refractivity contribution in [3.63, 3.8) is 0 Å². The molecule has 4 N–H and O–H groups in total. The summed E-state index contributed by atoms with van der Waals surface area (Å²) in [6, 6.07) is 0.137. The van der Waals surface area contributed by atoms with Crippen LogP contribution >= 0.6 is 0 Å². The summed E-state index contributed by atoms with van der Waals surface area (Å²) in [5.41, 5.74) is 0. The van der Waals surface area contributed by atoms with Crippen molar-refractivity contribution in [2.24, 2.45) is 53.3 Å². The maximum Gasteiger partial charge on any atom is 0.492 e. The van der Waals surface area contributed by atoms with E-state index in [1.54, 1.807) is 0 Å². The molecule has 6 atom stereocenters. The zero-order chi connectivity index (χ0) is 33.8. The van der Waals surface area contributed by atoms with Crippen LogP contribution in [-0.2, 0) is 0 Å². The van der Waals surface area contributed by atoms with Gasteiger partial charge in [0.1, 0.15) is 0 Å². The Morgan fingerprint density at radius 1 is 0.500 bits per heavy atom. The van der Waals surface area contributed by atoms with Gasteiger partial charge in [0.2, 0.25) is 0 Å². The average Bonchev–Trinajstić information content (AvgIpc) is 2.98. The van der Waals surface area contributed by atoms with Crippen LogP contribution in [0.15, 0.2) is 0 Å². The Bertz CT molecular complexity index is 693. The molecule has 0 amide bonds. The summed E-state index contributed by atoms with van der Waals surface area (Å²) >= 11 is 0. The van der Waals surface area contributed by atoms with Gasteiger partial charge in [0.15, 0.2) is 0 Å². The zero-order valence-corrected chi connectivity index (χ0v) is 32.9. The monoisotopic (exact) mass is 666 g/mol. The van der Waals surface area contributed by atoms with Crippen molar-refractivity contribution in [1.82, 2.24) is 5.32 Å². The number of nitrogens with one attached hydrogen (secondary N) is 1. The van der Waals surface area contributed by atoms with Gasteiger partial charge in [0, 0.05) is 6.04 Å². The second-order valence-electron chi connectivity index (χ2n) is 17.4. The normalized spacial score (nSPS) is 26.7. The Hall–Kier alpha value is 0.0569. The summed E-state index contributed by atoms with van der Waals surface area (Å²) in [6.45, 7) is 17.0. The Kier molecular flexibility index (Phi) is 22.3. The van der Waals surface area contributed by atoms with E-state index < -0.39 is 8.80 Å². The SMILES string of the molecule is CC1CCC(C(C)C)C(C(CCCCCCCCCCCCCCCCCNCCC[Si](O)(O)O)C2CC(C)CCC2C(C)C)C1. The van der Waals surface area contributed by atoms with Crippen LogP contribution in [0.25, 0.3) is 0 Å². The summed E-state index contributed by atoms with van der Waals surface area (Å²) in [7, 11) is -3.84. The van der Waals surface area contributed by atoms with Gasteiger partial charge < -0.3 is 19.7 Å². The fourth-order valence-corrected chi connectivity index (χ4v) is 10.4. The molecule has 2 fully saturated rings. The summed E-state index contributed by atoms with van der Waals surface area (Å²) < 4.78 is 0. The highest BCUT2D eigenvalue weighted by molar-refractivity contribution is 6.56. The Morgan fingerprint density at radius 3 is 1.26 bits per heavy atom. The molecule has 2 aliphatic rings. The maximum absolute atomic E-state index is 9.01. The molecule has 5 heteroatoms. The van der Waals surface area contributed by atoms with Crippen LogP contribution in [0.4, 0.5) is 0 Å². The van der Waals surface area contributed by atoms with Gasteiger partial charge in [-0.3, -0.25) is 0 Å². The maximum atomic E-state index is 9.01. The van der Waals surface area contributed by atoms with Crippen molar-refractivity contribution in [2.45, 2.75) is 195 Å². The summed E-state index contributed by atoms with van der Waals surface area (Å²) in [6.07, 6.45) is 32.1. The van der Waals surface area contributed by atoms with E-state index in [-0.39, 0.29) is 6.04 Å². The molecular formula is C41H83NO3Si. The van der Waals surface area contributed by atoms with Gasteiger partial charge in [-0.1, -0.05) is 144 Å². The van der Waals surface area contributed by atoms with Crippen LogP contribution in [0.2, 0.25) is 6.04 Å².